The molecule has 0 radical (unpaired) electrons. The van der Waals surface area contributed by atoms with Gasteiger partial charge in [0.05, 0.1) is 11.1 Å². The minimum absolute atomic E-state index is 0.0353. The van der Waals surface area contributed by atoms with Gasteiger partial charge in [-0.15, -0.1) is 5.10 Å². The summed E-state index contributed by atoms with van der Waals surface area (Å²) in [6.45, 7) is 1.04. The van der Waals surface area contributed by atoms with Crippen molar-refractivity contribution in [3.8, 4) is 11.4 Å². The Bertz CT molecular complexity index is 1450. The SMILES string of the molecule is Cc1cc2nn(CC(=O)Nc3ccc(C(F)(F)F)cc3)c(=O)n2c(-c2ccc(C(F)(F)F)cc2)n1. The Kier molecular flexibility index (Phi) is 5.87. The molecule has 0 aliphatic carbocycles. The molecule has 35 heavy (non-hydrogen) atoms. The van der Waals surface area contributed by atoms with E-state index in [2.05, 4.69) is 15.4 Å². The van der Waals surface area contributed by atoms with Gasteiger partial charge in [-0.05, 0) is 43.3 Å². The zero-order valence-electron chi connectivity index (χ0n) is 17.8. The number of amides is 1. The number of fused-ring (bicyclic) bond motifs is 1. The summed E-state index contributed by atoms with van der Waals surface area (Å²) >= 11 is 0. The molecule has 2 heterocycles. The maximum Gasteiger partial charge on any atom is 0.416 e. The molecule has 0 bridgehead atoms. The first-order valence-electron chi connectivity index (χ1n) is 9.95. The number of nitrogens with one attached hydrogen (secondary N) is 1. The first-order chi connectivity index (χ1) is 16.3. The van der Waals surface area contributed by atoms with E-state index >= 15 is 0 Å². The summed E-state index contributed by atoms with van der Waals surface area (Å²) in [6.07, 6.45) is -9.06. The predicted octanol–water partition coefficient (Wildman–Crippen LogP) is 4.54. The lowest BCUT2D eigenvalue weighted by Crippen LogP contribution is -2.28. The standard InChI is InChI=1S/C22H15F6N5O2/c1-12-10-17-31-32(11-18(34)30-16-8-6-15(7-9-16)22(26,27)28)20(35)33(17)19(29-12)13-2-4-14(5-3-13)21(23,24)25/h2-10H,11H2,1H3,(H,30,34). The highest BCUT2D eigenvalue weighted by Gasteiger charge is 2.31. The van der Waals surface area contributed by atoms with E-state index in [1.807, 2.05) is 0 Å². The van der Waals surface area contributed by atoms with Crippen molar-refractivity contribution in [1.29, 1.82) is 0 Å². The van der Waals surface area contributed by atoms with Crippen LogP contribution >= 0.6 is 0 Å². The lowest BCUT2D eigenvalue weighted by molar-refractivity contribution is -0.138. The van der Waals surface area contributed by atoms with Crippen LogP contribution in [0, 0.1) is 6.92 Å². The van der Waals surface area contributed by atoms with Crippen LogP contribution in [0.1, 0.15) is 16.8 Å². The Hall–Kier alpha value is -4.16. The number of alkyl halides is 6. The van der Waals surface area contributed by atoms with Crippen molar-refractivity contribution in [3.63, 3.8) is 0 Å². The minimum atomic E-state index is -4.53. The van der Waals surface area contributed by atoms with Crippen LogP contribution in [0.2, 0.25) is 0 Å². The van der Waals surface area contributed by atoms with E-state index in [1.54, 1.807) is 6.92 Å². The Labute approximate surface area is 192 Å². The van der Waals surface area contributed by atoms with Crippen LogP contribution in [0.25, 0.3) is 17.0 Å². The fourth-order valence-electron chi connectivity index (χ4n) is 3.34. The van der Waals surface area contributed by atoms with Gasteiger partial charge in [0.25, 0.3) is 0 Å². The van der Waals surface area contributed by atoms with Crippen molar-refractivity contribution in [2.45, 2.75) is 25.8 Å². The molecule has 0 fully saturated rings. The smallest absolute Gasteiger partial charge is 0.324 e. The lowest BCUT2D eigenvalue weighted by Gasteiger charge is -2.09. The highest BCUT2D eigenvalue weighted by molar-refractivity contribution is 5.90. The van der Waals surface area contributed by atoms with Gasteiger partial charge in [-0.25, -0.2) is 18.9 Å². The van der Waals surface area contributed by atoms with Crippen LogP contribution in [-0.2, 0) is 23.7 Å². The molecule has 0 unspecified atom stereocenters. The average Bonchev–Trinajstić information content (AvgIpc) is 3.07. The van der Waals surface area contributed by atoms with Crippen molar-refractivity contribution >= 4 is 17.2 Å². The Morgan fingerprint density at radius 3 is 2.00 bits per heavy atom. The third-order valence-corrected chi connectivity index (χ3v) is 4.96. The quantitative estimate of drug-likeness (QED) is 0.422. The fourth-order valence-corrected chi connectivity index (χ4v) is 3.34. The van der Waals surface area contributed by atoms with Crippen molar-refractivity contribution in [3.05, 3.63) is 81.9 Å². The van der Waals surface area contributed by atoms with Gasteiger partial charge in [-0.3, -0.25) is 4.79 Å². The first-order valence-corrected chi connectivity index (χ1v) is 9.95. The average molecular weight is 495 g/mol. The van der Waals surface area contributed by atoms with Crippen molar-refractivity contribution in [2.75, 3.05) is 5.32 Å². The molecule has 0 aliphatic heterocycles. The number of carbonyl (C=O) groups is 1. The van der Waals surface area contributed by atoms with E-state index in [4.69, 9.17) is 0 Å². The fraction of sp³-hybridized carbons (Fsp3) is 0.182. The lowest BCUT2D eigenvalue weighted by atomic mass is 10.1. The molecule has 0 aliphatic rings. The van der Waals surface area contributed by atoms with Crippen LogP contribution in [0.4, 0.5) is 32.0 Å². The summed E-state index contributed by atoms with van der Waals surface area (Å²) in [5, 5.41) is 6.46. The van der Waals surface area contributed by atoms with Crippen molar-refractivity contribution in [1.82, 2.24) is 19.2 Å². The molecule has 1 N–H and O–H groups in total. The molecule has 0 atom stereocenters. The minimum Gasteiger partial charge on any atom is -0.324 e. The number of benzene rings is 2. The Morgan fingerprint density at radius 2 is 1.46 bits per heavy atom. The number of aryl methyl sites for hydroxylation is 1. The maximum absolute atomic E-state index is 12.9. The molecule has 7 nitrogen and oxygen atoms in total. The molecular formula is C22H15F6N5O2. The monoisotopic (exact) mass is 495 g/mol. The highest BCUT2D eigenvalue weighted by Crippen LogP contribution is 2.31. The summed E-state index contributed by atoms with van der Waals surface area (Å²) in [5.74, 6) is -0.691. The van der Waals surface area contributed by atoms with Crippen LogP contribution < -0.4 is 11.0 Å². The molecular weight excluding hydrogens is 480 g/mol. The summed E-state index contributed by atoms with van der Waals surface area (Å²) in [4.78, 5) is 29.6. The summed E-state index contributed by atoms with van der Waals surface area (Å²) in [7, 11) is 0. The second-order valence-corrected chi connectivity index (χ2v) is 7.55. The van der Waals surface area contributed by atoms with Gasteiger partial charge >= 0.3 is 18.0 Å². The van der Waals surface area contributed by atoms with Crippen LogP contribution in [0.5, 0.6) is 0 Å². The van der Waals surface area contributed by atoms with E-state index in [0.29, 0.717) is 5.69 Å². The molecule has 4 aromatic rings. The normalized spacial score (nSPS) is 12.2. The van der Waals surface area contributed by atoms with Gasteiger partial charge in [0.2, 0.25) is 5.91 Å². The first kappa shape index (κ1) is 24.0. The second kappa shape index (κ2) is 8.56. The topological polar surface area (TPSA) is 81.3 Å². The molecule has 4 rings (SSSR count). The summed E-state index contributed by atoms with van der Waals surface area (Å²) in [6, 6.07) is 9.27. The highest BCUT2D eigenvalue weighted by atomic mass is 19.4. The van der Waals surface area contributed by atoms with Gasteiger partial charge in [0.1, 0.15) is 12.4 Å². The molecule has 0 saturated heterocycles. The van der Waals surface area contributed by atoms with Crippen molar-refractivity contribution < 1.29 is 31.1 Å². The van der Waals surface area contributed by atoms with E-state index in [-0.39, 0.29) is 22.7 Å². The molecule has 2 aromatic heterocycles. The number of carbonyl (C=O) groups excluding carboxylic acids is 1. The molecule has 13 heteroatoms. The largest absolute Gasteiger partial charge is 0.416 e. The third-order valence-electron chi connectivity index (χ3n) is 4.96. The number of rotatable bonds is 4. The zero-order chi connectivity index (χ0) is 25.5. The van der Waals surface area contributed by atoms with E-state index in [9.17, 15) is 35.9 Å². The number of hydrogen-bond donors (Lipinski definition) is 1. The van der Waals surface area contributed by atoms with E-state index in [0.717, 1.165) is 45.5 Å². The Morgan fingerprint density at radius 1 is 0.914 bits per heavy atom. The van der Waals surface area contributed by atoms with Crippen LogP contribution in [0.3, 0.4) is 0 Å². The number of hydrogen-bond acceptors (Lipinski definition) is 4. The van der Waals surface area contributed by atoms with E-state index < -0.39 is 41.6 Å². The molecule has 2 aromatic carbocycles. The molecule has 0 saturated carbocycles. The summed E-state index contributed by atoms with van der Waals surface area (Å²) < 4.78 is 78.6. The zero-order valence-corrected chi connectivity index (χ0v) is 17.8. The number of anilines is 1. The number of nitrogens with zero attached hydrogens (tertiary/aromatic N) is 4. The predicted molar refractivity (Wildman–Crippen MR) is 112 cm³/mol. The molecule has 182 valence electrons. The van der Waals surface area contributed by atoms with Gasteiger partial charge in [-0.2, -0.15) is 26.3 Å². The van der Waals surface area contributed by atoms with Gasteiger partial charge in [-0.1, -0.05) is 12.1 Å². The summed E-state index contributed by atoms with van der Waals surface area (Å²) in [5.41, 5.74) is -1.67. The van der Waals surface area contributed by atoms with Gasteiger partial charge < -0.3 is 5.32 Å². The van der Waals surface area contributed by atoms with Crippen LogP contribution in [0.15, 0.2) is 59.4 Å². The van der Waals surface area contributed by atoms with Crippen molar-refractivity contribution in [2.24, 2.45) is 0 Å². The Balaban J connectivity index is 1.62. The molecule has 0 spiro atoms. The van der Waals surface area contributed by atoms with Gasteiger partial charge in [0, 0.05) is 23.0 Å². The maximum atomic E-state index is 12.9. The van der Waals surface area contributed by atoms with Crippen LogP contribution in [-0.4, -0.2) is 25.1 Å². The van der Waals surface area contributed by atoms with Gasteiger partial charge in [0.15, 0.2) is 5.65 Å². The third kappa shape index (κ3) is 5.03. The number of halogens is 6. The number of aromatic nitrogens is 4. The van der Waals surface area contributed by atoms with E-state index in [1.165, 1.54) is 18.2 Å². The second-order valence-electron chi connectivity index (χ2n) is 7.55. The molecule has 1 amide bonds.